The minimum Gasteiger partial charge on any atom is -0.427 e. The highest BCUT2D eigenvalue weighted by molar-refractivity contribution is 5.99. The molecule has 5 heteroatoms. The molecule has 0 aromatic rings. The molecule has 1 saturated heterocycles. The van der Waals surface area contributed by atoms with Crippen LogP contribution in [0.25, 0.3) is 0 Å². The Morgan fingerprint density at radius 3 is 2.84 bits per heavy atom. The lowest BCUT2D eigenvalue weighted by atomic mass is 9.47. The van der Waals surface area contributed by atoms with Crippen molar-refractivity contribution in [2.45, 2.75) is 58.8 Å². The van der Waals surface area contributed by atoms with Crippen molar-refractivity contribution in [2.24, 2.45) is 29.1 Å². The maximum atomic E-state index is 13.1. The first-order chi connectivity index (χ1) is 15.0. The van der Waals surface area contributed by atoms with Crippen LogP contribution in [0, 0.1) is 29.1 Å². The van der Waals surface area contributed by atoms with Gasteiger partial charge in [-0.3, -0.25) is 0 Å². The zero-order chi connectivity index (χ0) is 21.8. The van der Waals surface area contributed by atoms with Gasteiger partial charge in [0, 0.05) is 22.6 Å². The second-order valence-electron chi connectivity index (χ2n) is 9.93. The Bertz CT molecular complexity index is 939. The molecule has 2 aliphatic heterocycles. The molecule has 0 aromatic carbocycles. The number of fused-ring (bicyclic) bond motifs is 1. The maximum absolute atomic E-state index is 13.1. The number of hydrogen-bond acceptors (Lipinski definition) is 5. The Kier molecular flexibility index (Phi) is 5.20. The second-order valence-corrected chi connectivity index (χ2v) is 9.93. The molecule has 2 fully saturated rings. The number of rotatable bonds is 6. The summed E-state index contributed by atoms with van der Waals surface area (Å²) in [5, 5.41) is 3.22. The van der Waals surface area contributed by atoms with E-state index in [0.717, 1.165) is 79.7 Å². The summed E-state index contributed by atoms with van der Waals surface area (Å²) in [6.07, 6.45) is 13.0. The Labute approximate surface area is 184 Å². The van der Waals surface area contributed by atoms with Crippen molar-refractivity contribution in [3.8, 4) is 0 Å². The number of hydrogen-bond donors (Lipinski definition) is 1. The van der Waals surface area contributed by atoms with Crippen LogP contribution in [0.15, 0.2) is 46.5 Å². The molecule has 1 saturated carbocycles. The molecule has 5 unspecified atom stereocenters. The van der Waals surface area contributed by atoms with Gasteiger partial charge in [0.25, 0.3) is 0 Å². The summed E-state index contributed by atoms with van der Waals surface area (Å²) in [5.41, 5.74) is 2.23. The number of carbonyl (C=O) groups is 2. The van der Waals surface area contributed by atoms with Gasteiger partial charge < -0.3 is 14.8 Å². The highest BCUT2D eigenvalue weighted by Crippen LogP contribution is 2.68. The van der Waals surface area contributed by atoms with E-state index in [1.54, 1.807) is 0 Å². The van der Waals surface area contributed by atoms with Gasteiger partial charge in [0.1, 0.15) is 11.5 Å². The van der Waals surface area contributed by atoms with E-state index in [2.05, 4.69) is 37.4 Å². The Hall–Kier alpha value is -2.14. The predicted molar refractivity (Wildman–Crippen MR) is 117 cm³/mol. The molecule has 2 bridgehead atoms. The summed E-state index contributed by atoms with van der Waals surface area (Å²) >= 11 is 0. The van der Waals surface area contributed by atoms with Crippen molar-refractivity contribution in [3.63, 3.8) is 0 Å². The molecule has 5 atom stereocenters. The number of nitrogens with one attached hydrogen (secondary N) is 1. The summed E-state index contributed by atoms with van der Waals surface area (Å²) in [5.74, 6) is 2.30. The molecular formula is C26H33NO4. The van der Waals surface area contributed by atoms with Crippen LogP contribution in [-0.2, 0) is 19.1 Å². The second kappa shape index (κ2) is 7.77. The zero-order valence-corrected chi connectivity index (χ0v) is 18.8. The van der Waals surface area contributed by atoms with Crippen LogP contribution in [0.3, 0.4) is 0 Å². The van der Waals surface area contributed by atoms with Crippen LogP contribution in [0.4, 0.5) is 0 Å². The molecule has 1 spiro atoms. The number of cyclic esters (lactones) is 2. The fourth-order valence-corrected chi connectivity index (χ4v) is 6.75. The summed E-state index contributed by atoms with van der Waals surface area (Å²) in [6.45, 7) is 5.23. The highest BCUT2D eigenvalue weighted by Gasteiger charge is 2.66. The largest absolute Gasteiger partial charge is 0.427 e. The van der Waals surface area contributed by atoms with Gasteiger partial charge in [-0.05, 0) is 82.0 Å². The number of unbranched alkanes of at least 4 members (excludes halogenated alkanes) is 1. The minimum absolute atomic E-state index is 0.00710. The van der Waals surface area contributed by atoms with Gasteiger partial charge in [-0.1, -0.05) is 26.3 Å². The SMILES string of the molecule is CCCC=C1OC(=O)C2=C1CCC1C3C=C4C(=O)OC(=CCC(C)CNC)C4(CC3)C21. The molecule has 0 amide bonds. The summed E-state index contributed by atoms with van der Waals surface area (Å²) in [4.78, 5) is 26.1. The average Bonchev–Trinajstić information content (AvgIpc) is 3.25. The lowest BCUT2D eigenvalue weighted by Crippen LogP contribution is -2.50. The first-order valence-electron chi connectivity index (χ1n) is 12.0. The quantitative estimate of drug-likeness (QED) is 0.634. The van der Waals surface area contributed by atoms with Crippen molar-refractivity contribution < 1.29 is 19.1 Å². The topological polar surface area (TPSA) is 64.6 Å². The van der Waals surface area contributed by atoms with E-state index >= 15 is 0 Å². The molecule has 2 heterocycles. The molecule has 0 aromatic heterocycles. The summed E-state index contributed by atoms with van der Waals surface area (Å²) in [6, 6.07) is 0. The minimum atomic E-state index is -0.490. The molecule has 4 aliphatic carbocycles. The normalized spacial score (nSPS) is 36.9. The van der Waals surface area contributed by atoms with Crippen LogP contribution in [-0.4, -0.2) is 25.5 Å². The Morgan fingerprint density at radius 2 is 2.06 bits per heavy atom. The highest BCUT2D eigenvalue weighted by atomic mass is 16.5. The van der Waals surface area contributed by atoms with Gasteiger partial charge >= 0.3 is 11.9 Å². The van der Waals surface area contributed by atoms with E-state index in [0.29, 0.717) is 17.8 Å². The van der Waals surface area contributed by atoms with Crippen molar-refractivity contribution in [1.82, 2.24) is 5.32 Å². The number of ether oxygens (including phenoxy) is 2. The lowest BCUT2D eigenvalue weighted by Gasteiger charge is -2.54. The molecule has 0 radical (unpaired) electrons. The van der Waals surface area contributed by atoms with Crippen LogP contribution in [0.2, 0.25) is 0 Å². The van der Waals surface area contributed by atoms with Crippen molar-refractivity contribution in [3.05, 3.63) is 46.5 Å². The summed E-state index contributed by atoms with van der Waals surface area (Å²) in [7, 11) is 1.96. The third kappa shape index (κ3) is 3.00. The standard InChI is InChI=1S/C26H33NO4/c1-4-5-6-20-18-9-8-17-16-11-12-26(23(17)22(18)25(29)30-20)19(13-16)24(28)31-21(26)10-7-15(2)14-27-3/h6,10,13,15-17,23,27H,4-5,7-9,11-12,14H2,1-3H3. The fraction of sp³-hybridized carbons (Fsp3) is 0.615. The van der Waals surface area contributed by atoms with Crippen molar-refractivity contribution >= 4 is 11.9 Å². The van der Waals surface area contributed by atoms with Crippen molar-refractivity contribution in [2.75, 3.05) is 13.6 Å². The third-order valence-corrected chi connectivity index (χ3v) is 8.07. The average molecular weight is 424 g/mol. The molecule has 1 N–H and O–H groups in total. The first kappa shape index (κ1) is 20.7. The molecule has 166 valence electrons. The van der Waals surface area contributed by atoms with E-state index in [-0.39, 0.29) is 17.9 Å². The van der Waals surface area contributed by atoms with E-state index in [1.807, 2.05) is 7.05 Å². The lowest BCUT2D eigenvalue weighted by molar-refractivity contribution is -0.135. The van der Waals surface area contributed by atoms with Crippen LogP contribution in [0.5, 0.6) is 0 Å². The van der Waals surface area contributed by atoms with Crippen LogP contribution in [0.1, 0.15) is 58.8 Å². The zero-order valence-electron chi connectivity index (χ0n) is 18.8. The van der Waals surface area contributed by atoms with Gasteiger partial charge in [0.2, 0.25) is 0 Å². The number of carbonyl (C=O) groups excluding carboxylic acids is 2. The molecule has 5 nitrogen and oxygen atoms in total. The van der Waals surface area contributed by atoms with Gasteiger partial charge in [0.05, 0.1) is 5.41 Å². The smallest absolute Gasteiger partial charge is 0.340 e. The van der Waals surface area contributed by atoms with E-state index < -0.39 is 5.41 Å². The monoisotopic (exact) mass is 423 g/mol. The van der Waals surface area contributed by atoms with Crippen molar-refractivity contribution in [1.29, 1.82) is 0 Å². The maximum Gasteiger partial charge on any atom is 0.340 e. The van der Waals surface area contributed by atoms with Gasteiger partial charge in [-0.25, -0.2) is 9.59 Å². The van der Waals surface area contributed by atoms with E-state index in [4.69, 9.17) is 9.47 Å². The van der Waals surface area contributed by atoms with Gasteiger partial charge in [-0.2, -0.15) is 0 Å². The van der Waals surface area contributed by atoms with E-state index in [9.17, 15) is 9.59 Å². The molecule has 31 heavy (non-hydrogen) atoms. The predicted octanol–water partition coefficient (Wildman–Crippen LogP) is 4.57. The van der Waals surface area contributed by atoms with Crippen LogP contribution >= 0.6 is 0 Å². The van der Waals surface area contributed by atoms with Crippen LogP contribution < -0.4 is 5.32 Å². The third-order valence-electron chi connectivity index (χ3n) is 8.07. The van der Waals surface area contributed by atoms with Gasteiger partial charge in [-0.15, -0.1) is 0 Å². The number of allylic oxidation sites excluding steroid dienone is 5. The Balaban J connectivity index is 1.61. The Morgan fingerprint density at radius 1 is 1.23 bits per heavy atom. The fourth-order valence-electron chi connectivity index (χ4n) is 6.75. The number of esters is 2. The first-order valence-corrected chi connectivity index (χ1v) is 12.0. The molecule has 6 aliphatic rings. The molecular weight excluding hydrogens is 390 g/mol. The van der Waals surface area contributed by atoms with E-state index in [1.165, 1.54) is 0 Å². The summed E-state index contributed by atoms with van der Waals surface area (Å²) < 4.78 is 11.7. The van der Waals surface area contributed by atoms with Gasteiger partial charge in [0.15, 0.2) is 0 Å². The molecule has 6 rings (SSSR count).